The lowest BCUT2D eigenvalue weighted by Crippen LogP contribution is -2.82. The molecule has 46 heavy (non-hydrogen) atoms. The Bertz CT molecular complexity index is 1360. The molecule has 1 unspecified atom stereocenters. The van der Waals surface area contributed by atoms with Gasteiger partial charge in [0.15, 0.2) is 5.69 Å². The van der Waals surface area contributed by atoms with Crippen molar-refractivity contribution in [1.82, 2.24) is 4.98 Å². The van der Waals surface area contributed by atoms with Crippen LogP contribution in [0.25, 0.3) is 10.2 Å². The predicted octanol–water partition coefficient (Wildman–Crippen LogP) is 9.13. The van der Waals surface area contributed by atoms with Crippen LogP contribution in [0.1, 0.15) is 128 Å². The summed E-state index contributed by atoms with van der Waals surface area (Å²) in [6, 6.07) is 9.80. The number of nitrogens with one attached hydrogen (secondary N) is 2. The predicted molar refractivity (Wildman–Crippen MR) is 194 cm³/mol. The zero-order chi connectivity index (χ0) is 33.3. The number of thiazole rings is 1. The first-order valence-electron chi connectivity index (χ1n) is 17.6. The van der Waals surface area contributed by atoms with Crippen LogP contribution in [0.2, 0.25) is 0 Å². The topological polar surface area (TPSA) is 100 Å². The number of aromatic nitrogens is 1. The number of quaternary nitrogens is 1. The first-order valence-corrected chi connectivity index (χ1v) is 18.5. The Morgan fingerprint density at radius 3 is 2.26 bits per heavy atom. The molecule has 254 valence electrons. The summed E-state index contributed by atoms with van der Waals surface area (Å²) in [5.74, 6) is 0.0191. The van der Waals surface area contributed by atoms with Crippen molar-refractivity contribution in [2.75, 3.05) is 35.3 Å². The highest BCUT2D eigenvalue weighted by Gasteiger charge is 2.18. The van der Waals surface area contributed by atoms with E-state index in [9.17, 15) is 9.59 Å². The summed E-state index contributed by atoms with van der Waals surface area (Å²) >= 11 is 1.49. The lowest BCUT2D eigenvalue weighted by atomic mass is 10.0. The lowest BCUT2D eigenvalue weighted by molar-refractivity contribution is -0.537. The van der Waals surface area contributed by atoms with Crippen LogP contribution in [-0.4, -0.2) is 36.6 Å². The molecule has 0 saturated heterocycles. The summed E-state index contributed by atoms with van der Waals surface area (Å²) in [5, 5.41) is 3.78. The molecule has 8 nitrogen and oxygen atoms in total. The third kappa shape index (κ3) is 11.9. The van der Waals surface area contributed by atoms with E-state index >= 15 is 0 Å². The van der Waals surface area contributed by atoms with Gasteiger partial charge in [-0.3, -0.25) is 4.79 Å². The van der Waals surface area contributed by atoms with Crippen LogP contribution in [0.15, 0.2) is 30.3 Å². The van der Waals surface area contributed by atoms with E-state index in [1.807, 2.05) is 17.6 Å². The molecule has 0 saturated carbocycles. The van der Waals surface area contributed by atoms with E-state index in [2.05, 4.69) is 62.4 Å². The highest BCUT2D eigenvalue weighted by atomic mass is 32.1. The van der Waals surface area contributed by atoms with Crippen molar-refractivity contribution >= 4 is 55.6 Å². The molecule has 0 aliphatic rings. The lowest BCUT2D eigenvalue weighted by Gasteiger charge is -2.28. The van der Waals surface area contributed by atoms with Crippen LogP contribution < -0.4 is 21.1 Å². The number of aryl methyl sites for hydroxylation is 1. The summed E-state index contributed by atoms with van der Waals surface area (Å²) in [6.07, 6.45) is 14.2. The van der Waals surface area contributed by atoms with Crippen molar-refractivity contribution in [2.24, 2.45) is 5.92 Å². The van der Waals surface area contributed by atoms with Gasteiger partial charge in [0.25, 0.3) is 0 Å². The number of hydrogen-bond donors (Lipinski definition) is 3. The number of fused-ring (bicyclic) bond motifs is 1. The fraction of sp³-hybridized carbons (Fsp3) is 0.595. The van der Waals surface area contributed by atoms with Gasteiger partial charge in [-0.1, -0.05) is 96.8 Å². The van der Waals surface area contributed by atoms with Crippen LogP contribution in [0.4, 0.5) is 22.2 Å². The van der Waals surface area contributed by atoms with Crippen molar-refractivity contribution in [3.63, 3.8) is 0 Å². The maximum absolute atomic E-state index is 12.8. The average molecular weight is 653 g/mol. The summed E-state index contributed by atoms with van der Waals surface area (Å²) < 4.78 is 6.59. The zero-order valence-corrected chi connectivity index (χ0v) is 30.0. The third-order valence-corrected chi connectivity index (χ3v) is 9.50. The van der Waals surface area contributed by atoms with Crippen LogP contribution in [0.5, 0.6) is 0 Å². The Labute approximate surface area is 281 Å². The second-order valence-electron chi connectivity index (χ2n) is 12.5. The van der Waals surface area contributed by atoms with Gasteiger partial charge >= 0.3 is 5.97 Å². The van der Waals surface area contributed by atoms with Gasteiger partial charge in [-0.25, -0.2) is 20.6 Å². The van der Waals surface area contributed by atoms with Crippen LogP contribution in [-0.2, 0) is 9.53 Å². The Balaban J connectivity index is 1.74. The number of nitrogens with two attached hydrogens (primary N) is 1. The molecular formula is C37H58N5O3S+. The molecule has 0 radical (unpaired) electrons. The van der Waals surface area contributed by atoms with Gasteiger partial charge in [0.2, 0.25) is 11.0 Å². The first kappa shape index (κ1) is 37.3. The zero-order valence-electron chi connectivity index (χ0n) is 29.2. The van der Waals surface area contributed by atoms with Gasteiger partial charge in [0.1, 0.15) is 5.69 Å². The Hall–Kier alpha value is -3.17. The van der Waals surface area contributed by atoms with Gasteiger partial charge in [-0.2, -0.15) is 0 Å². The maximum Gasteiger partial charge on any atom is 0.338 e. The number of hydrogen-bond acceptors (Lipinski definition) is 7. The smallest absolute Gasteiger partial charge is 0.338 e. The fourth-order valence-corrected chi connectivity index (χ4v) is 6.59. The van der Waals surface area contributed by atoms with Gasteiger partial charge in [0, 0.05) is 31.8 Å². The number of nitrogen functional groups attached to an aromatic ring is 1. The monoisotopic (exact) mass is 652 g/mol. The Morgan fingerprint density at radius 2 is 1.63 bits per heavy atom. The molecule has 9 heteroatoms. The van der Waals surface area contributed by atoms with Crippen molar-refractivity contribution < 1.29 is 19.8 Å². The second kappa shape index (κ2) is 20.1. The standard InChI is InChI=1S/C37H57N5O3S/c1-7-11-14-16-21-42(22-17-15-12-8-2)34-25-32(38-28(6)43)33(23-27(34)5)40-41-37-39-31-20-19-30(24-35(31)46-37)36(44)45-26-29(10-4)18-13-9-3/h19-20,23-25,29,40H,7-18,21-22,26H2,1-6H3,(H,38,43)(H,39,41)/p+1. The summed E-state index contributed by atoms with van der Waals surface area (Å²) in [7, 11) is 0. The molecule has 0 aliphatic carbocycles. The van der Waals surface area contributed by atoms with Gasteiger partial charge in [-0.15, -0.1) is 0 Å². The number of benzene rings is 2. The molecule has 3 aromatic rings. The summed E-state index contributed by atoms with van der Waals surface area (Å²) in [6.45, 7) is 15.0. The van der Waals surface area contributed by atoms with Gasteiger partial charge in [-0.05, 0) is 61.9 Å². The van der Waals surface area contributed by atoms with E-state index in [1.165, 1.54) is 74.0 Å². The molecule has 2 aromatic carbocycles. The molecule has 4 N–H and O–H groups in total. The van der Waals surface area contributed by atoms with Crippen molar-refractivity contribution in [3.05, 3.63) is 41.5 Å². The largest absolute Gasteiger partial charge is 0.462 e. The van der Waals surface area contributed by atoms with Crippen molar-refractivity contribution in [3.8, 4) is 0 Å². The molecule has 3 rings (SSSR count). The molecule has 0 fully saturated rings. The minimum absolute atomic E-state index is 0.100. The number of amides is 1. The molecule has 0 bridgehead atoms. The molecular weight excluding hydrogens is 595 g/mol. The van der Waals surface area contributed by atoms with E-state index in [0.717, 1.165) is 65.5 Å². The highest BCUT2D eigenvalue weighted by Crippen LogP contribution is 2.31. The van der Waals surface area contributed by atoms with Crippen LogP contribution >= 0.6 is 11.3 Å². The van der Waals surface area contributed by atoms with E-state index in [-0.39, 0.29) is 11.9 Å². The molecule has 1 atom stereocenters. The Kier molecular flexibility index (Phi) is 16.3. The molecule has 0 aliphatic heterocycles. The number of anilines is 3. The minimum atomic E-state index is -0.286. The van der Waals surface area contributed by atoms with E-state index in [0.29, 0.717) is 18.1 Å². The molecule has 1 amide bonds. The third-order valence-electron chi connectivity index (χ3n) is 8.55. The SMILES string of the molecule is CCCCCCN(CCCCCC)c1cc(NC(C)=O)c([NH2+]Nc2nc3ccc(C(=O)OCC(CC)CCCC)cc3s2)cc1C. The van der Waals surface area contributed by atoms with E-state index in [4.69, 9.17) is 9.72 Å². The van der Waals surface area contributed by atoms with Crippen molar-refractivity contribution in [2.45, 2.75) is 119 Å². The van der Waals surface area contributed by atoms with Gasteiger partial charge in [0.05, 0.1) is 22.4 Å². The second-order valence-corrected chi connectivity index (χ2v) is 13.6. The number of esters is 1. The molecule has 1 heterocycles. The van der Waals surface area contributed by atoms with Crippen molar-refractivity contribution in [1.29, 1.82) is 0 Å². The fourth-order valence-electron chi connectivity index (χ4n) is 5.72. The number of rotatable bonds is 22. The number of nitrogens with zero attached hydrogens (tertiary/aromatic N) is 2. The molecule has 1 aromatic heterocycles. The molecule has 0 spiro atoms. The Morgan fingerprint density at radius 1 is 0.935 bits per heavy atom. The van der Waals surface area contributed by atoms with Gasteiger partial charge < -0.3 is 15.0 Å². The van der Waals surface area contributed by atoms with Crippen LogP contribution in [0, 0.1) is 12.8 Å². The van der Waals surface area contributed by atoms with E-state index in [1.54, 1.807) is 13.0 Å². The number of ether oxygens (including phenoxy) is 1. The normalized spacial score (nSPS) is 11.9. The van der Waals surface area contributed by atoms with E-state index < -0.39 is 0 Å². The number of carbonyl (C=O) groups excluding carboxylic acids is 2. The average Bonchev–Trinajstić information content (AvgIpc) is 3.46. The first-order chi connectivity index (χ1) is 22.3. The number of carbonyl (C=O) groups is 2. The quantitative estimate of drug-likeness (QED) is 0.0329. The number of unbranched alkanes of at least 4 members (excludes halogenated alkanes) is 7. The highest BCUT2D eigenvalue weighted by molar-refractivity contribution is 7.22. The maximum atomic E-state index is 12.8. The summed E-state index contributed by atoms with van der Waals surface area (Å²) in [5.41, 5.74) is 10.7. The van der Waals surface area contributed by atoms with Crippen LogP contribution in [0.3, 0.4) is 0 Å². The minimum Gasteiger partial charge on any atom is -0.462 e. The summed E-state index contributed by atoms with van der Waals surface area (Å²) in [4.78, 5) is 32.3.